The Kier molecular flexibility index (Phi) is 7.53. The third-order valence-corrected chi connectivity index (χ3v) is 3.78. The Morgan fingerprint density at radius 3 is 2.33 bits per heavy atom. The molecule has 2 rings (SSSR count). The molecule has 0 saturated carbocycles. The topological polar surface area (TPSA) is 76.9 Å². The van der Waals surface area contributed by atoms with Crippen LogP contribution in [0.3, 0.4) is 0 Å². The Bertz CT molecular complexity index is 439. The largest absolute Gasteiger partial charge is 0.497 e. The summed E-state index contributed by atoms with van der Waals surface area (Å²) >= 11 is 0. The minimum absolute atomic E-state index is 0. The van der Waals surface area contributed by atoms with Crippen LogP contribution in [0, 0.1) is 0 Å². The van der Waals surface area contributed by atoms with Gasteiger partial charge in [0.2, 0.25) is 0 Å². The molecule has 1 aliphatic heterocycles. The van der Waals surface area contributed by atoms with Crippen LogP contribution >= 0.6 is 17.0 Å². The summed E-state index contributed by atoms with van der Waals surface area (Å²) in [6.07, 6.45) is 3.80. The summed E-state index contributed by atoms with van der Waals surface area (Å²) in [7, 11) is 1.68. The fraction of sp³-hybridized carbons (Fsp3) is 0.533. The lowest BCUT2D eigenvalue weighted by Gasteiger charge is -2.34. The maximum Gasteiger partial charge on any atom is 0.185 e. The summed E-state index contributed by atoms with van der Waals surface area (Å²) in [6.45, 7) is 2.82. The number of halogens is 1. The van der Waals surface area contributed by atoms with E-state index in [4.69, 9.17) is 16.2 Å². The molecule has 1 aromatic rings. The zero-order valence-electron chi connectivity index (χ0n) is 12.5. The molecule has 118 valence electrons. The summed E-state index contributed by atoms with van der Waals surface area (Å²) in [6, 6.07) is 8.41. The first-order valence-corrected chi connectivity index (χ1v) is 7.14. The van der Waals surface area contributed by atoms with Gasteiger partial charge in [0.25, 0.3) is 0 Å². The Balaban J connectivity index is 0.00000220. The number of likely N-dealkylation sites (tertiary alicyclic amines) is 1. The van der Waals surface area contributed by atoms with E-state index in [0.29, 0.717) is 6.54 Å². The lowest BCUT2D eigenvalue weighted by Crippen LogP contribution is -2.36. The molecule has 1 fully saturated rings. The van der Waals surface area contributed by atoms with Crippen LogP contribution < -0.4 is 16.2 Å². The molecule has 1 heterocycles. The smallest absolute Gasteiger partial charge is 0.185 e. The number of nitrogens with two attached hydrogens (primary N) is 2. The SMILES string of the molecule is Br.COc1ccc(C(CN=C(N)N)N2CCCCC2)cc1. The van der Waals surface area contributed by atoms with Gasteiger partial charge in [0, 0.05) is 0 Å². The standard InChI is InChI=1S/C15H24N4O.BrH/c1-20-13-7-5-12(6-8-13)14(11-18-15(16)17)19-9-3-2-4-10-19;/h5-8,14H,2-4,9-11H2,1H3,(H4,16,17,18);1H. The summed E-state index contributed by atoms with van der Waals surface area (Å²) in [5.41, 5.74) is 12.2. The number of hydrogen-bond acceptors (Lipinski definition) is 3. The average Bonchev–Trinajstić information content (AvgIpc) is 2.49. The van der Waals surface area contributed by atoms with Gasteiger partial charge in [-0.1, -0.05) is 18.6 Å². The Hall–Kier alpha value is -1.27. The number of piperidine rings is 1. The highest BCUT2D eigenvalue weighted by atomic mass is 79.9. The van der Waals surface area contributed by atoms with Crippen molar-refractivity contribution >= 4 is 22.9 Å². The molecule has 0 aliphatic carbocycles. The molecule has 21 heavy (non-hydrogen) atoms. The average molecular weight is 357 g/mol. The van der Waals surface area contributed by atoms with Crippen molar-refractivity contribution in [1.29, 1.82) is 0 Å². The van der Waals surface area contributed by atoms with E-state index in [9.17, 15) is 0 Å². The van der Waals surface area contributed by atoms with E-state index in [0.717, 1.165) is 18.8 Å². The molecule has 1 aliphatic rings. The molecule has 0 radical (unpaired) electrons. The van der Waals surface area contributed by atoms with E-state index in [-0.39, 0.29) is 29.0 Å². The second-order valence-electron chi connectivity index (χ2n) is 5.15. The zero-order chi connectivity index (χ0) is 14.4. The number of guanidine groups is 1. The number of hydrogen-bond donors (Lipinski definition) is 2. The van der Waals surface area contributed by atoms with Gasteiger partial charge in [-0.3, -0.25) is 9.89 Å². The molecule has 0 amide bonds. The van der Waals surface area contributed by atoms with Gasteiger partial charge in [0.1, 0.15) is 5.75 Å². The molecule has 1 aromatic carbocycles. The summed E-state index contributed by atoms with van der Waals surface area (Å²) in [5.74, 6) is 1.02. The number of rotatable bonds is 5. The number of methoxy groups -OCH3 is 1. The third kappa shape index (κ3) is 5.21. The molecule has 1 saturated heterocycles. The van der Waals surface area contributed by atoms with Crippen LogP contribution in [0.2, 0.25) is 0 Å². The first-order valence-electron chi connectivity index (χ1n) is 7.14. The normalized spacial score (nSPS) is 16.6. The fourth-order valence-corrected chi connectivity index (χ4v) is 2.68. The quantitative estimate of drug-likeness (QED) is 0.625. The highest BCUT2D eigenvalue weighted by molar-refractivity contribution is 8.93. The van der Waals surface area contributed by atoms with Gasteiger partial charge in [0.15, 0.2) is 5.96 Å². The predicted octanol–water partition coefficient (Wildman–Crippen LogP) is 2.07. The van der Waals surface area contributed by atoms with Crippen molar-refractivity contribution in [3.05, 3.63) is 29.8 Å². The maximum atomic E-state index is 5.48. The molecular formula is C15H25BrN4O. The van der Waals surface area contributed by atoms with Crippen LogP contribution in [0.15, 0.2) is 29.3 Å². The van der Waals surface area contributed by atoms with Crippen molar-refractivity contribution in [2.24, 2.45) is 16.5 Å². The van der Waals surface area contributed by atoms with Crippen LogP contribution in [0.5, 0.6) is 5.75 Å². The van der Waals surface area contributed by atoms with Crippen LogP contribution in [0.4, 0.5) is 0 Å². The lowest BCUT2D eigenvalue weighted by atomic mass is 10.0. The molecule has 0 spiro atoms. The highest BCUT2D eigenvalue weighted by Crippen LogP contribution is 2.26. The zero-order valence-corrected chi connectivity index (χ0v) is 14.2. The van der Waals surface area contributed by atoms with E-state index in [1.807, 2.05) is 12.1 Å². The van der Waals surface area contributed by atoms with Crippen LogP contribution in [-0.2, 0) is 0 Å². The van der Waals surface area contributed by atoms with E-state index >= 15 is 0 Å². The van der Waals surface area contributed by atoms with E-state index in [1.165, 1.54) is 24.8 Å². The molecule has 1 unspecified atom stereocenters. The van der Waals surface area contributed by atoms with Crippen LogP contribution in [0.25, 0.3) is 0 Å². The molecule has 0 aromatic heterocycles. The molecule has 6 heteroatoms. The molecular weight excluding hydrogens is 332 g/mol. The van der Waals surface area contributed by atoms with Crippen molar-refractivity contribution < 1.29 is 4.74 Å². The van der Waals surface area contributed by atoms with Gasteiger partial charge in [-0.25, -0.2) is 0 Å². The van der Waals surface area contributed by atoms with Crippen LogP contribution in [-0.4, -0.2) is 37.6 Å². The summed E-state index contributed by atoms with van der Waals surface area (Å²) in [5, 5.41) is 0. The maximum absolute atomic E-state index is 5.48. The van der Waals surface area contributed by atoms with E-state index in [1.54, 1.807) is 7.11 Å². The number of ether oxygens (including phenoxy) is 1. The van der Waals surface area contributed by atoms with Crippen molar-refractivity contribution in [3.63, 3.8) is 0 Å². The Morgan fingerprint density at radius 1 is 1.19 bits per heavy atom. The fourth-order valence-electron chi connectivity index (χ4n) is 2.68. The van der Waals surface area contributed by atoms with E-state index < -0.39 is 0 Å². The Labute approximate surface area is 137 Å². The van der Waals surface area contributed by atoms with E-state index in [2.05, 4.69) is 22.0 Å². The van der Waals surface area contributed by atoms with Gasteiger partial charge in [-0.05, 0) is 43.6 Å². The molecule has 1 atom stereocenters. The second kappa shape index (κ2) is 8.89. The highest BCUT2D eigenvalue weighted by Gasteiger charge is 2.22. The first kappa shape index (κ1) is 17.8. The van der Waals surface area contributed by atoms with Crippen LogP contribution in [0.1, 0.15) is 30.9 Å². The Morgan fingerprint density at radius 2 is 1.81 bits per heavy atom. The molecule has 4 N–H and O–H groups in total. The molecule has 0 bridgehead atoms. The van der Waals surface area contributed by atoms with Gasteiger partial charge < -0.3 is 16.2 Å². The van der Waals surface area contributed by atoms with Gasteiger partial charge in [0.05, 0.1) is 19.7 Å². The third-order valence-electron chi connectivity index (χ3n) is 3.78. The van der Waals surface area contributed by atoms with Gasteiger partial charge in [-0.2, -0.15) is 0 Å². The number of benzene rings is 1. The van der Waals surface area contributed by atoms with Gasteiger partial charge >= 0.3 is 0 Å². The summed E-state index contributed by atoms with van der Waals surface area (Å²) in [4.78, 5) is 6.69. The van der Waals surface area contributed by atoms with Crippen molar-refractivity contribution in [2.75, 3.05) is 26.7 Å². The lowest BCUT2D eigenvalue weighted by molar-refractivity contribution is 0.168. The minimum Gasteiger partial charge on any atom is -0.497 e. The number of nitrogens with zero attached hydrogens (tertiary/aromatic N) is 2. The first-order chi connectivity index (χ1) is 9.70. The second-order valence-corrected chi connectivity index (χ2v) is 5.15. The van der Waals surface area contributed by atoms with Crippen molar-refractivity contribution in [2.45, 2.75) is 25.3 Å². The minimum atomic E-state index is 0. The molecule has 5 nitrogen and oxygen atoms in total. The van der Waals surface area contributed by atoms with Crippen molar-refractivity contribution in [1.82, 2.24) is 4.90 Å². The summed E-state index contributed by atoms with van der Waals surface area (Å²) < 4.78 is 5.21. The predicted molar refractivity (Wildman–Crippen MR) is 92.2 cm³/mol. The van der Waals surface area contributed by atoms with Crippen molar-refractivity contribution in [3.8, 4) is 5.75 Å². The van der Waals surface area contributed by atoms with Gasteiger partial charge in [-0.15, -0.1) is 17.0 Å². The monoisotopic (exact) mass is 356 g/mol. The number of aliphatic imine (C=N–C) groups is 1.